The van der Waals surface area contributed by atoms with Crippen LogP contribution in [0.4, 0.5) is 34.6 Å². The number of thiazole rings is 1. The lowest BCUT2D eigenvalue weighted by Gasteiger charge is -2.35. The first-order chi connectivity index (χ1) is 17.6. The molecule has 0 aliphatic carbocycles. The predicted octanol–water partition coefficient (Wildman–Crippen LogP) is 4.22. The normalized spacial score (nSPS) is 13.6. The number of alkyl halides is 3. The zero-order valence-electron chi connectivity index (χ0n) is 19.4. The van der Waals surface area contributed by atoms with Crippen molar-refractivity contribution in [2.45, 2.75) is 13.3 Å². The quantitative estimate of drug-likeness (QED) is 0.505. The monoisotopic (exact) mass is 531 g/mol. The van der Waals surface area contributed by atoms with Gasteiger partial charge in [-0.25, -0.2) is 14.8 Å². The summed E-state index contributed by atoms with van der Waals surface area (Å²) >= 11 is 1.13. The van der Waals surface area contributed by atoms with Gasteiger partial charge in [0.25, 0.3) is 5.91 Å². The number of hydrogen-bond donors (Lipinski definition) is 2. The van der Waals surface area contributed by atoms with Gasteiger partial charge in [0.1, 0.15) is 23.3 Å². The van der Waals surface area contributed by atoms with Crippen molar-refractivity contribution in [1.82, 2.24) is 14.9 Å². The van der Waals surface area contributed by atoms with Crippen molar-refractivity contribution in [1.29, 1.82) is 5.26 Å². The van der Waals surface area contributed by atoms with Crippen molar-refractivity contribution in [3.05, 3.63) is 58.7 Å². The molecule has 0 radical (unpaired) electrons. The molecular weight excluding hydrogens is 511 g/mol. The Kier molecular flexibility index (Phi) is 7.44. The largest absolute Gasteiger partial charge is 0.573 e. The van der Waals surface area contributed by atoms with Gasteiger partial charge in [0.15, 0.2) is 5.13 Å². The van der Waals surface area contributed by atoms with E-state index in [1.54, 1.807) is 24.0 Å². The summed E-state index contributed by atoms with van der Waals surface area (Å²) < 4.78 is 40.6. The summed E-state index contributed by atoms with van der Waals surface area (Å²) in [6, 6.07) is 9.50. The molecule has 2 N–H and O–H groups in total. The standard InChI is InChI=1S/C23H20F3N7O3S/c1-14-19(20(34)33-10-8-32(9-11-33)18-7-2-15(12-27)13-28-18)30-22(37-14)31-21(35)29-16-3-5-17(6-4-16)36-23(24,25)26/h2-7,13H,8-11H2,1H3,(H2,29,30,31,35). The van der Waals surface area contributed by atoms with E-state index in [0.29, 0.717) is 36.6 Å². The van der Waals surface area contributed by atoms with Gasteiger partial charge < -0.3 is 19.9 Å². The molecule has 0 atom stereocenters. The summed E-state index contributed by atoms with van der Waals surface area (Å²) in [5.74, 6) is 0.0667. The Balaban J connectivity index is 1.31. The number of amides is 3. The van der Waals surface area contributed by atoms with Crippen LogP contribution in [-0.4, -0.2) is 59.3 Å². The first-order valence-electron chi connectivity index (χ1n) is 10.9. The summed E-state index contributed by atoms with van der Waals surface area (Å²) in [4.78, 5) is 38.2. The second-order valence-electron chi connectivity index (χ2n) is 7.87. The summed E-state index contributed by atoms with van der Waals surface area (Å²) in [5.41, 5.74) is 0.952. The van der Waals surface area contributed by atoms with E-state index in [4.69, 9.17) is 5.26 Å². The number of hydrogen-bond acceptors (Lipinski definition) is 8. The fourth-order valence-corrected chi connectivity index (χ4v) is 4.38. The zero-order chi connectivity index (χ0) is 26.6. The Morgan fingerprint density at radius 2 is 1.78 bits per heavy atom. The highest BCUT2D eigenvalue weighted by Crippen LogP contribution is 2.26. The molecule has 1 aromatic carbocycles. The maximum atomic E-state index is 13.0. The Labute approximate surface area is 213 Å². The van der Waals surface area contributed by atoms with Crippen molar-refractivity contribution >= 4 is 39.9 Å². The Morgan fingerprint density at radius 3 is 2.38 bits per heavy atom. The number of nitrogens with zero attached hydrogens (tertiary/aromatic N) is 5. The Bertz CT molecular complexity index is 1310. The molecule has 0 bridgehead atoms. The van der Waals surface area contributed by atoms with Gasteiger partial charge >= 0.3 is 12.4 Å². The molecule has 10 nitrogen and oxygen atoms in total. The fraction of sp³-hybridized carbons (Fsp3) is 0.261. The third-order valence-electron chi connectivity index (χ3n) is 5.33. The van der Waals surface area contributed by atoms with E-state index >= 15 is 0 Å². The SMILES string of the molecule is Cc1sc(NC(=O)Nc2ccc(OC(F)(F)F)cc2)nc1C(=O)N1CCN(c2ccc(C#N)cn2)CC1. The second kappa shape index (κ2) is 10.7. The molecule has 3 aromatic rings. The smallest absolute Gasteiger partial charge is 0.406 e. The summed E-state index contributed by atoms with van der Waals surface area (Å²) in [5, 5.41) is 14.1. The summed E-state index contributed by atoms with van der Waals surface area (Å²) in [6.07, 6.45) is -3.30. The van der Waals surface area contributed by atoms with E-state index in [0.717, 1.165) is 29.3 Å². The number of benzene rings is 1. The number of anilines is 3. The van der Waals surface area contributed by atoms with Crippen LogP contribution in [-0.2, 0) is 0 Å². The zero-order valence-corrected chi connectivity index (χ0v) is 20.2. The van der Waals surface area contributed by atoms with Gasteiger partial charge in [-0.15, -0.1) is 24.5 Å². The highest BCUT2D eigenvalue weighted by Gasteiger charge is 2.31. The molecule has 192 valence electrons. The lowest BCUT2D eigenvalue weighted by molar-refractivity contribution is -0.274. The third kappa shape index (κ3) is 6.64. The van der Waals surface area contributed by atoms with Crippen molar-refractivity contribution in [3.8, 4) is 11.8 Å². The van der Waals surface area contributed by atoms with E-state index in [1.165, 1.54) is 18.3 Å². The molecular formula is C23H20F3N7O3S. The van der Waals surface area contributed by atoms with Crippen molar-refractivity contribution in [2.75, 3.05) is 41.7 Å². The van der Waals surface area contributed by atoms with E-state index < -0.39 is 18.1 Å². The minimum atomic E-state index is -4.81. The summed E-state index contributed by atoms with van der Waals surface area (Å²) in [6.45, 7) is 3.76. The number of aryl methyl sites for hydroxylation is 1. The van der Waals surface area contributed by atoms with E-state index in [1.807, 2.05) is 11.0 Å². The Hall–Kier alpha value is -4.38. The minimum Gasteiger partial charge on any atom is -0.406 e. The molecule has 2 aromatic heterocycles. The number of halogens is 3. The number of carbonyl (C=O) groups is 2. The van der Waals surface area contributed by atoms with Crippen LogP contribution in [0.2, 0.25) is 0 Å². The maximum absolute atomic E-state index is 13.0. The van der Waals surface area contributed by atoms with Gasteiger partial charge in [0.2, 0.25) is 0 Å². The molecule has 1 fully saturated rings. The molecule has 3 heterocycles. The molecule has 3 amide bonds. The molecule has 4 rings (SSSR count). The van der Waals surface area contributed by atoms with Crippen LogP contribution in [0.5, 0.6) is 5.75 Å². The topological polar surface area (TPSA) is 123 Å². The number of pyridine rings is 1. The van der Waals surface area contributed by atoms with Gasteiger partial charge in [-0.3, -0.25) is 10.1 Å². The van der Waals surface area contributed by atoms with E-state index in [2.05, 4.69) is 25.3 Å². The number of rotatable bonds is 5. The number of nitrogens with one attached hydrogen (secondary N) is 2. The van der Waals surface area contributed by atoms with Crippen LogP contribution in [0.1, 0.15) is 20.9 Å². The molecule has 37 heavy (non-hydrogen) atoms. The number of piperazine rings is 1. The Morgan fingerprint density at radius 1 is 1.08 bits per heavy atom. The third-order valence-corrected chi connectivity index (χ3v) is 6.22. The number of aromatic nitrogens is 2. The van der Waals surface area contributed by atoms with Gasteiger partial charge in [-0.2, -0.15) is 5.26 Å². The van der Waals surface area contributed by atoms with Crippen LogP contribution in [0, 0.1) is 18.3 Å². The molecule has 1 saturated heterocycles. The van der Waals surface area contributed by atoms with Crippen molar-refractivity contribution in [3.63, 3.8) is 0 Å². The van der Waals surface area contributed by atoms with Crippen molar-refractivity contribution < 1.29 is 27.5 Å². The van der Waals surface area contributed by atoms with Crippen LogP contribution < -0.4 is 20.3 Å². The predicted molar refractivity (Wildman–Crippen MR) is 130 cm³/mol. The number of carbonyl (C=O) groups excluding carboxylic acids is 2. The number of nitriles is 1. The molecule has 0 saturated carbocycles. The van der Waals surface area contributed by atoms with Gasteiger partial charge in [0, 0.05) is 42.9 Å². The summed E-state index contributed by atoms with van der Waals surface area (Å²) in [7, 11) is 0. The van der Waals surface area contributed by atoms with Crippen molar-refractivity contribution in [2.24, 2.45) is 0 Å². The molecule has 1 aliphatic heterocycles. The maximum Gasteiger partial charge on any atom is 0.573 e. The highest BCUT2D eigenvalue weighted by atomic mass is 32.1. The number of ether oxygens (including phenoxy) is 1. The van der Waals surface area contributed by atoms with Crippen LogP contribution in [0.3, 0.4) is 0 Å². The second-order valence-corrected chi connectivity index (χ2v) is 9.07. The van der Waals surface area contributed by atoms with Gasteiger partial charge in [-0.1, -0.05) is 0 Å². The molecule has 0 spiro atoms. The van der Waals surface area contributed by atoms with Crippen LogP contribution >= 0.6 is 11.3 Å². The molecule has 1 aliphatic rings. The highest BCUT2D eigenvalue weighted by molar-refractivity contribution is 7.16. The average Bonchev–Trinajstić information content (AvgIpc) is 3.23. The van der Waals surface area contributed by atoms with Gasteiger partial charge in [-0.05, 0) is 43.3 Å². The van der Waals surface area contributed by atoms with Gasteiger partial charge in [0.05, 0.1) is 5.56 Å². The van der Waals surface area contributed by atoms with E-state index in [9.17, 15) is 22.8 Å². The molecule has 14 heteroatoms. The minimum absolute atomic E-state index is 0.204. The van der Waals surface area contributed by atoms with E-state index in [-0.39, 0.29) is 22.4 Å². The van der Waals surface area contributed by atoms with Crippen LogP contribution in [0.15, 0.2) is 42.6 Å². The van der Waals surface area contributed by atoms with Crippen LogP contribution in [0.25, 0.3) is 0 Å². The molecule has 0 unspecified atom stereocenters. The lowest BCUT2D eigenvalue weighted by atomic mass is 10.2. The first-order valence-corrected chi connectivity index (χ1v) is 11.7. The average molecular weight is 532 g/mol. The number of urea groups is 1. The lowest BCUT2D eigenvalue weighted by Crippen LogP contribution is -2.49. The fourth-order valence-electron chi connectivity index (χ4n) is 3.58. The first kappa shape index (κ1) is 25.7.